The zero-order valence-electron chi connectivity index (χ0n) is 22.4. The molecule has 6 rings (SSSR count). The average Bonchev–Trinajstić information content (AvgIpc) is 3.32. The second-order valence-corrected chi connectivity index (χ2v) is 11.2. The molecule has 0 aliphatic carbocycles. The topological polar surface area (TPSA) is 39.7 Å². The van der Waals surface area contributed by atoms with Crippen LogP contribution in [0.5, 0.6) is 0 Å². The molecule has 5 nitrogen and oxygen atoms in total. The van der Waals surface area contributed by atoms with Crippen LogP contribution in [0, 0.1) is 6.92 Å². The minimum absolute atomic E-state index is 0.0251. The summed E-state index contributed by atoms with van der Waals surface area (Å²) < 4.78 is 0. The monoisotopic (exact) mass is 524 g/mol. The van der Waals surface area contributed by atoms with Gasteiger partial charge in [0, 0.05) is 54.2 Å². The Hall–Kier alpha value is -3.41. The van der Waals surface area contributed by atoms with Crippen LogP contribution >= 0.6 is 11.6 Å². The first-order valence-electron chi connectivity index (χ1n) is 13.4. The Morgan fingerprint density at radius 1 is 0.921 bits per heavy atom. The summed E-state index contributed by atoms with van der Waals surface area (Å²) >= 11 is 6.82. The molecule has 4 aromatic rings. The number of pyridine rings is 1. The highest BCUT2D eigenvalue weighted by atomic mass is 35.5. The molecule has 6 heteroatoms. The first-order valence-corrected chi connectivity index (χ1v) is 13.8. The number of anilines is 2. The van der Waals surface area contributed by atoms with E-state index >= 15 is 0 Å². The summed E-state index contributed by atoms with van der Waals surface area (Å²) in [5.41, 5.74) is 6.76. The summed E-state index contributed by atoms with van der Waals surface area (Å²) in [6.07, 6.45) is 0.805. The lowest BCUT2D eigenvalue weighted by Gasteiger charge is -2.44. The molecule has 1 saturated heterocycles. The van der Waals surface area contributed by atoms with Crippen LogP contribution in [0.4, 0.5) is 11.4 Å². The van der Waals surface area contributed by atoms with E-state index in [0.717, 1.165) is 69.2 Å². The number of likely N-dealkylation sites (N-methyl/N-ethyl adjacent to an activating group) is 1. The lowest BCUT2D eigenvalue weighted by Crippen LogP contribution is -2.55. The maximum Gasteiger partial charge on any atom is 0.258 e. The molecule has 0 bridgehead atoms. The van der Waals surface area contributed by atoms with Crippen LogP contribution in [0.3, 0.4) is 0 Å². The Labute approximate surface area is 229 Å². The number of piperazine rings is 1. The number of benzene rings is 3. The molecule has 0 unspecified atom stereocenters. The van der Waals surface area contributed by atoms with Crippen LogP contribution < -0.4 is 9.80 Å². The van der Waals surface area contributed by atoms with Gasteiger partial charge in [-0.3, -0.25) is 14.7 Å². The normalized spacial score (nSPS) is 19.7. The molecule has 194 valence electrons. The number of hydrogen-bond donors (Lipinski definition) is 0. The van der Waals surface area contributed by atoms with Gasteiger partial charge in [-0.15, -0.1) is 0 Å². The van der Waals surface area contributed by atoms with E-state index in [0.29, 0.717) is 24.2 Å². The minimum atomic E-state index is 0.0251. The quantitative estimate of drug-likeness (QED) is 0.303. The summed E-state index contributed by atoms with van der Waals surface area (Å²) in [6, 6.07) is 23.2. The SMILES string of the molecule is Cc1cccc(-c2ccc(C(=O)N3CCc4cc(Cl)c(N5C[C@@H](C)N(C)[C@@H](C)C5)cc43)c3ccccc23)n1. The predicted molar refractivity (Wildman–Crippen MR) is 158 cm³/mol. The number of amides is 1. The molecule has 0 spiro atoms. The predicted octanol–water partition coefficient (Wildman–Crippen LogP) is 6.60. The number of hydrogen-bond acceptors (Lipinski definition) is 4. The highest BCUT2D eigenvalue weighted by Crippen LogP contribution is 2.40. The van der Waals surface area contributed by atoms with Gasteiger partial charge in [-0.2, -0.15) is 0 Å². The van der Waals surface area contributed by atoms with E-state index in [1.54, 1.807) is 0 Å². The first-order chi connectivity index (χ1) is 18.3. The molecule has 1 aromatic heterocycles. The Morgan fingerprint density at radius 3 is 2.39 bits per heavy atom. The number of fused-ring (bicyclic) bond motifs is 2. The second kappa shape index (κ2) is 9.72. The maximum absolute atomic E-state index is 14.1. The third-order valence-electron chi connectivity index (χ3n) is 8.31. The number of aromatic nitrogens is 1. The lowest BCUT2D eigenvalue weighted by atomic mass is 9.96. The van der Waals surface area contributed by atoms with E-state index in [1.165, 1.54) is 0 Å². The average molecular weight is 525 g/mol. The molecule has 0 N–H and O–H groups in total. The van der Waals surface area contributed by atoms with Crippen molar-refractivity contribution in [1.82, 2.24) is 9.88 Å². The molecule has 2 aliphatic heterocycles. The number of rotatable bonds is 3. The Kier molecular flexibility index (Phi) is 6.37. The third kappa shape index (κ3) is 4.24. The highest BCUT2D eigenvalue weighted by molar-refractivity contribution is 6.33. The van der Waals surface area contributed by atoms with Crippen LogP contribution in [-0.2, 0) is 6.42 Å². The van der Waals surface area contributed by atoms with Crippen molar-refractivity contribution in [2.45, 2.75) is 39.3 Å². The van der Waals surface area contributed by atoms with Crippen LogP contribution in [0.15, 0.2) is 66.7 Å². The van der Waals surface area contributed by atoms with E-state index in [-0.39, 0.29) is 5.91 Å². The minimum Gasteiger partial charge on any atom is -0.367 e. The van der Waals surface area contributed by atoms with Gasteiger partial charge in [-0.25, -0.2) is 0 Å². The van der Waals surface area contributed by atoms with Crippen molar-refractivity contribution < 1.29 is 4.79 Å². The van der Waals surface area contributed by atoms with Crippen LogP contribution in [0.1, 0.15) is 35.5 Å². The lowest BCUT2D eigenvalue weighted by molar-refractivity contribution is 0.0991. The van der Waals surface area contributed by atoms with Crippen molar-refractivity contribution in [2.24, 2.45) is 0 Å². The van der Waals surface area contributed by atoms with Crippen molar-refractivity contribution in [3.63, 3.8) is 0 Å². The van der Waals surface area contributed by atoms with Gasteiger partial charge in [0.25, 0.3) is 5.91 Å². The number of nitrogens with zero attached hydrogens (tertiary/aromatic N) is 4. The molecular formula is C32H33ClN4O. The van der Waals surface area contributed by atoms with Crippen molar-refractivity contribution in [3.8, 4) is 11.3 Å². The fourth-order valence-corrected chi connectivity index (χ4v) is 6.30. The molecule has 2 aliphatic rings. The number of halogens is 1. The van der Waals surface area contributed by atoms with E-state index < -0.39 is 0 Å². The summed E-state index contributed by atoms with van der Waals surface area (Å²) in [7, 11) is 2.18. The van der Waals surface area contributed by atoms with Gasteiger partial charge >= 0.3 is 0 Å². The smallest absolute Gasteiger partial charge is 0.258 e. The molecule has 3 aromatic carbocycles. The van der Waals surface area contributed by atoms with E-state index in [4.69, 9.17) is 16.6 Å². The Balaban J connectivity index is 1.38. The van der Waals surface area contributed by atoms with Gasteiger partial charge in [0.2, 0.25) is 0 Å². The fraction of sp³-hybridized carbons (Fsp3) is 0.312. The standard InChI is InChI=1S/C32H33ClN4O/c1-20-8-7-11-29(34-20)26-12-13-27(25-10-6-5-9-24(25)26)32(38)37-15-14-23-16-28(33)31(17-30(23)37)36-18-21(2)35(4)22(3)19-36/h5-13,16-17,21-22H,14-15,18-19H2,1-4H3/t21-,22+. The van der Waals surface area contributed by atoms with Crippen LogP contribution in [0.2, 0.25) is 5.02 Å². The summed E-state index contributed by atoms with van der Waals surface area (Å²) in [5, 5.41) is 2.75. The zero-order chi connectivity index (χ0) is 26.6. The third-order valence-corrected chi connectivity index (χ3v) is 8.61. The number of carbonyl (C=O) groups excluding carboxylic acids is 1. The Bertz CT molecular complexity index is 1540. The van der Waals surface area contributed by atoms with E-state index in [2.05, 4.69) is 48.9 Å². The van der Waals surface area contributed by atoms with Crippen molar-refractivity contribution in [1.29, 1.82) is 0 Å². The summed E-state index contributed by atoms with van der Waals surface area (Å²) in [6.45, 7) is 8.97. The highest BCUT2D eigenvalue weighted by Gasteiger charge is 2.32. The molecule has 38 heavy (non-hydrogen) atoms. The molecule has 1 amide bonds. The fourth-order valence-electron chi connectivity index (χ4n) is 6.00. The molecule has 0 radical (unpaired) electrons. The summed E-state index contributed by atoms with van der Waals surface area (Å²) in [4.78, 5) is 25.6. The molecule has 2 atom stereocenters. The van der Waals surface area contributed by atoms with Gasteiger partial charge < -0.3 is 9.80 Å². The van der Waals surface area contributed by atoms with Crippen molar-refractivity contribution in [3.05, 3.63) is 88.6 Å². The molecule has 3 heterocycles. The Morgan fingerprint density at radius 2 is 1.66 bits per heavy atom. The van der Waals surface area contributed by atoms with E-state index in [9.17, 15) is 4.79 Å². The van der Waals surface area contributed by atoms with Crippen molar-refractivity contribution >= 4 is 39.7 Å². The van der Waals surface area contributed by atoms with Crippen LogP contribution in [0.25, 0.3) is 22.0 Å². The van der Waals surface area contributed by atoms with Gasteiger partial charge in [-0.1, -0.05) is 48.0 Å². The van der Waals surface area contributed by atoms with Gasteiger partial charge in [0.1, 0.15) is 0 Å². The molecular weight excluding hydrogens is 492 g/mol. The maximum atomic E-state index is 14.1. The zero-order valence-corrected chi connectivity index (χ0v) is 23.2. The largest absolute Gasteiger partial charge is 0.367 e. The van der Waals surface area contributed by atoms with Gasteiger partial charge in [0.05, 0.1) is 16.4 Å². The molecule has 1 fully saturated rings. The van der Waals surface area contributed by atoms with Gasteiger partial charge in [-0.05, 0) is 80.9 Å². The first kappa shape index (κ1) is 24.9. The van der Waals surface area contributed by atoms with Crippen LogP contribution in [-0.4, -0.2) is 54.6 Å². The second-order valence-electron chi connectivity index (χ2n) is 10.8. The van der Waals surface area contributed by atoms with Gasteiger partial charge in [0.15, 0.2) is 0 Å². The summed E-state index contributed by atoms with van der Waals surface area (Å²) in [5.74, 6) is 0.0251. The van der Waals surface area contributed by atoms with E-state index in [1.807, 2.05) is 60.4 Å². The number of aryl methyl sites for hydroxylation is 1. The van der Waals surface area contributed by atoms with Crippen molar-refractivity contribution in [2.75, 3.05) is 36.5 Å². The number of carbonyl (C=O) groups is 1. The molecule has 0 saturated carbocycles.